The van der Waals surface area contributed by atoms with Crippen molar-refractivity contribution in [2.24, 2.45) is 0 Å². The first kappa shape index (κ1) is 19.0. The van der Waals surface area contributed by atoms with Crippen molar-refractivity contribution >= 4 is 18.9 Å². The average Bonchev–Trinajstić information content (AvgIpc) is 2.26. The van der Waals surface area contributed by atoms with Gasteiger partial charge in [-0.15, -0.1) is 0 Å². The Kier molecular flexibility index (Phi) is 18.7. The van der Waals surface area contributed by atoms with Gasteiger partial charge in [-0.3, -0.25) is 5.11 Å². The SMILES string of the molecule is CCCCCCCCCCCC([O-])=[O+][S-].[Na+]. The second-order valence-electron chi connectivity index (χ2n) is 4.03. The molecule has 90 valence electrons. The first-order valence-electron chi connectivity index (χ1n) is 6.14. The Hall–Kier alpha value is 0.690. The van der Waals surface area contributed by atoms with Crippen LogP contribution >= 0.6 is 0 Å². The van der Waals surface area contributed by atoms with Gasteiger partial charge in [-0.25, -0.2) is 0 Å². The fourth-order valence-corrected chi connectivity index (χ4v) is 1.70. The molecule has 0 saturated heterocycles. The predicted molar refractivity (Wildman–Crippen MR) is 64.2 cm³/mol. The minimum absolute atomic E-state index is 0. The molecule has 0 aliphatic rings. The Morgan fingerprint density at radius 3 is 1.81 bits per heavy atom. The quantitative estimate of drug-likeness (QED) is 0.231. The van der Waals surface area contributed by atoms with Crippen LogP contribution in [0, 0.1) is 0 Å². The molecule has 0 aliphatic carbocycles. The second kappa shape index (κ2) is 15.7. The average molecular weight is 254 g/mol. The smallest absolute Gasteiger partial charge is 0.591 e. The maximum absolute atomic E-state index is 10.7. The Morgan fingerprint density at radius 1 is 0.938 bits per heavy atom. The molecule has 0 aromatic carbocycles. The van der Waals surface area contributed by atoms with E-state index in [1.807, 2.05) is 0 Å². The van der Waals surface area contributed by atoms with Crippen LogP contribution in [-0.4, -0.2) is 5.97 Å². The van der Waals surface area contributed by atoms with Gasteiger partial charge in [0.1, 0.15) is 0 Å². The van der Waals surface area contributed by atoms with Crippen molar-refractivity contribution in [2.75, 3.05) is 0 Å². The predicted octanol–water partition coefficient (Wildman–Crippen LogP) is -0.341. The van der Waals surface area contributed by atoms with Crippen molar-refractivity contribution in [3.8, 4) is 0 Å². The summed E-state index contributed by atoms with van der Waals surface area (Å²) in [6, 6.07) is 0. The molecule has 0 aromatic heterocycles. The molecule has 4 heteroatoms. The summed E-state index contributed by atoms with van der Waals surface area (Å²) in [6.07, 6.45) is 11.8. The van der Waals surface area contributed by atoms with Crippen molar-refractivity contribution in [1.82, 2.24) is 0 Å². The first-order valence-corrected chi connectivity index (χ1v) is 6.47. The van der Waals surface area contributed by atoms with Crippen LogP contribution in [0.25, 0.3) is 0 Å². The van der Waals surface area contributed by atoms with E-state index in [-0.39, 0.29) is 35.5 Å². The summed E-state index contributed by atoms with van der Waals surface area (Å²) >= 11 is 4.19. The Bertz CT molecular complexity index is 163. The third kappa shape index (κ3) is 14.7. The topological polar surface area (TPSA) is 34.4 Å². The van der Waals surface area contributed by atoms with Crippen LogP contribution < -0.4 is 34.7 Å². The van der Waals surface area contributed by atoms with Crippen LogP contribution in [-0.2, 0) is 16.8 Å². The van der Waals surface area contributed by atoms with Crippen LogP contribution in [0.4, 0.5) is 0 Å². The van der Waals surface area contributed by atoms with Crippen molar-refractivity contribution in [2.45, 2.75) is 71.1 Å². The van der Waals surface area contributed by atoms with E-state index in [4.69, 9.17) is 0 Å². The molecular formula is C12H23NaO2S. The number of carboxylic acids is 1. The third-order valence-corrected chi connectivity index (χ3v) is 2.76. The Labute approximate surface area is 128 Å². The maximum atomic E-state index is 10.7. The fraction of sp³-hybridized carbons (Fsp3) is 0.917. The van der Waals surface area contributed by atoms with E-state index in [0.717, 1.165) is 12.8 Å². The van der Waals surface area contributed by atoms with E-state index in [1.54, 1.807) is 0 Å². The van der Waals surface area contributed by atoms with Crippen LogP contribution in [0.5, 0.6) is 0 Å². The van der Waals surface area contributed by atoms with Gasteiger partial charge in [-0.1, -0.05) is 58.3 Å². The first-order chi connectivity index (χ1) is 7.31. The van der Waals surface area contributed by atoms with Gasteiger partial charge in [0.2, 0.25) is 0 Å². The van der Waals surface area contributed by atoms with Gasteiger partial charge in [0.15, 0.2) is 0 Å². The number of unbranched alkanes of at least 4 members (excludes halogenated alkanes) is 8. The minimum atomic E-state index is -0.257. The molecule has 0 N–H and O–H groups in total. The van der Waals surface area contributed by atoms with Crippen LogP contribution in [0.1, 0.15) is 71.1 Å². The largest absolute Gasteiger partial charge is 1.00 e. The Balaban J connectivity index is 0. The maximum Gasteiger partial charge on any atom is 1.00 e. The molecule has 0 fully saturated rings. The molecule has 0 rings (SSSR count). The fourth-order valence-electron chi connectivity index (χ4n) is 1.62. The standard InChI is InChI=1S/C12H24O2S.Na/c1-2-3-4-5-6-7-8-9-10-11-12(13)14-15;/h13H,2-11H2,1H3;/q;+1/p-1. The molecule has 0 saturated carbocycles. The molecule has 0 bridgehead atoms. The number of rotatable bonds is 10. The zero-order valence-electron chi connectivity index (χ0n) is 10.8. The summed E-state index contributed by atoms with van der Waals surface area (Å²) in [4.78, 5) is 0. The number of aliphatic carboxylic acids is 1. The Morgan fingerprint density at radius 2 is 1.38 bits per heavy atom. The summed E-state index contributed by atoms with van der Waals surface area (Å²) in [5.74, 6) is -0.257. The zero-order valence-corrected chi connectivity index (χ0v) is 13.6. The van der Waals surface area contributed by atoms with E-state index in [0.29, 0.717) is 6.42 Å². The van der Waals surface area contributed by atoms with E-state index >= 15 is 0 Å². The van der Waals surface area contributed by atoms with E-state index < -0.39 is 0 Å². The molecule has 16 heavy (non-hydrogen) atoms. The van der Waals surface area contributed by atoms with Crippen LogP contribution in [0.3, 0.4) is 0 Å². The molecule has 2 nitrogen and oxygen atoms in total. The van der Waals surface area contributed by atoms with Gasteiger partial charge >= 0.3 is 29.6 Å². The van der Waals surface area contributed by atoms with Crippen molar-refractivity contribution in [1.29, 1.82) is 0 Å². The summed E-state index contributed by atoms with van der Waals surface area (Å²) in [7, 11) is 0. The second-order valence-corrected chi connectivity index (χ2v) is 4.20. The van der Waals surface area contributed by atoms with Crippen molar-refractivity contribution in [3.63, 3.8) is 0 Å². The molecule has 0 unspecified atom stereocenters. The van der Waals surface area contributed by atoms with Gasteiger partial charge in [-0.05, 0) is 6.42 Å². The monoisotopic (exact) mass is 254 g/mol. The third-order valence-electron chi connectivity index (χ3n) is 2.58. The number of hydrogen-bond donors (Lipinski definition) is 0. The van der Waals surface area contributed by atoms with Gasteiger partial charge in [0.25, 0.3) is 5.97 Å². The molecule has 0 aliphatic heterocycles. The molecular weight excluding hydrogens is 231 g/mol. The van der Waals surface area contributed by atoms with Crippen LogP contribution in [0.2, 0.25) is 0 Å². The van der Waals surface area contributed by atoms with Gasteiger partial charge < -0.3 is 16.8 Å². The minimum Gasteiger partial charge on any atom is -0.591 e. The van der Waals surface area contributed by atoms with Gasteiger partial charge in [-0.2, -0.15) is 0 Å². The summed E-state index contributed by atoms with van der Waals surface area (Å²) in [6.45, 7) is 2.23. The molecule has 0 radical (unpaired) electrons. The molecule has 0 spiro atoms. The summed E-state index contributed by atoms with van der Waals surface area (Å²) < 4.78 is 4.17. The van der Waals surface area contributed by atoms with Gasteiger partial charge in [0.05, 0.1) is 0 Å². The molecule has 0 amide bonds. The number of hydrogen-bond acceptors (Lipinski definition) is 2. The number of carboxylic acid groups (broad SMARTS) is 1. The van der Waals surface area contributed by atoms with Crippen molar-refractivity contribution < 1.29 is 38.5 Å². The van der Waals surface area contributed by atoms with Gasteiger partial charge in [0, 0.05) is 6.42 Å². The molecule has 0 aromatic rings. The summed E-state index contributed by atoms with van der Waals surface area (Å²) in [5.41, 5.74) is 0. The molecule has 0 heterocycles. The summed E-state index contributed by atoms with van der Waals surface area (Å²) in [5, 5.41) is 10.7. The van der Waals surface area contributed by atoms with Crippen LogP contribution in [0.15, 0.2) is 0 Å². The number of carbonyl (C=O) groups excluding carboxylic acids is 1. The zero-order chi connectivity index (χ0) is 11.4. The van der Waals surface area contributed by atoms with E-state index in [2.05, 4.69) is 23.7 Å². The van der Waals surface area contributed by atoms with E-state index in [1.165, 1.54) is 44.9 Å². The van der Waals surface area contributed by atoms with Crippen molar-refractivity contribution in [3.05, 3.63) is 0 Å². The molecule has 0 atom stereocenters. The normalized spacial score (nSPS) is 11.2. The van der Waals surface area contributed by atoms with E-state index in [9.17, 15) is 5.11 Å².